The smallest absolute Gasteiger partial charge is 0.335 e. The molecule has 0 radical (unpaired) electrons. The van der Waals surface area contributed by atoms with E-state index in [9.17, 15) is 18.0 Å². The topological polar surface area (TPSA) is 101 Å². The third-order valence-corrected chi connectivity index (χ3v) is 7.20. The van der Waals surface area contributed by atoms with Gasteiger partial charge in [0.05, 0.1) is 15.7 Å². The Balaban J connectivity index is 1.78. The second-order valence-electron chi connectivity index (χ2n) is 6.76. The molecular weight excluding hydrogens is 366 g/mol. The number of nitrogens with one attached hydrogen (secondary N) is 1. The van der Waals surface area contributed by atoms with Crippen molar-refractivity contribution in [2.24, 2.45) is 0 Å². The van der Waals surface area contributed by atoms with Gasteiger partial charge in [0.25, 0.3) is 5.91 Å². The van der Waals surface area contributed by atoms with E-state index in [1.807, 2.05) is 0 Å². The fourth-order valence-corrected chi connectivity index (χ4v) is 5.13. The highest BCUT2D eigenvalue weighted by Gasteiger charge is 2.30. The van der Waals surface area contributed by atoms with Crippen molar-refractivity contribution in [2.75, 3.05) is 5.32 Å². The van der Waals surface area contributed by atoms with Gasteiger partial charge in [-0.15, -0.1) is 0 Å². The normalized spacial score (nSPS) is 14.9. The van der Waals surface area contributed by atoms with Crippen LogP contribution in [0.15, 0.2) is 47.4 Å². The van der Waals surface area contributed by atoms with E-state index < -0.39 is 21.7 Å². The molecule has 0 aliphatic heterocycles. The summed E-state index contributed by atoms with van der Waals surface area (Å²) in [4.78, 5) is 23.8. The van der Waals surface area contributed by atoms with Crippen LogP contribution in [-0.4, -0.2) is 30.7 Å². The molecule has 2 aromatic rings. The largest absolute Gasteiger partial charge is 0.478 e. The number of aryl methyl sites for hydroxylation is 1. The van der Waals surface area contributed by atoms with Gasteiger partial charge in [-0.05, 0) is 61.7 Å². The molecule has 1 amide bonds. The summed E-state index contributed by atoms with van der Waals surface area (Å²) < 4.78 is 25.2. The van der Waals surface area contributed by atoms with Crippen LogP contribution >= 0.6 is 0 Å². The van der Waals surface area contributed by atoms with E-state index in [1.54, 1.807) is 13.0 Å². The predicted octanol–water partition coefficient (Wildman–Crippen LogP) is 3.66. The Bertz CT molecular complexity index is 974. The Hall–Kier alpha value is -2.67. The Kier molecular flexibility index (Phi) is 5.32. The van der Waals surface area contributed by atoms with Crippen molar-refractivity contribution < 1.29 is 23.1 Å². The molecule has 0 atom stereocenters. The first kappa shape index (κ1) is 19.1. The number of anilines is 1. The molecular formula is C20H21NO5S. The second-order valence-corrected chi connectivity index (χ2v) is 8.99. The Labute approximate surface area is 158 Å². The fraction of sp³-hybridized carbons (Fsp3) is 0.300. The maximum absolute atomic E-state index is 12.6. The lowest BCUT2D eigenvalue weighted by Crippen LogP contribution is -2.18. The zero-order valence-corrected chi connectivity index (χ0v) is 15.8. The van der Waals surface area contributed by atoms with Crippen LogP contribution in [0.2, 0.25) is 0 Å². The first-order chi connectivity index (χ1) is 12.8. The highest BCUT2D eigenvalue weighted by molar-refractivity contribution is 7.92. The van der Waals surface area contributed by atoms with Crippen LogP contribution in [0.3, 0.4) is 0 Å². The van der Waals surface area contributed by atoms with Crippen LogP contribution in [0, 0.1) is 6.92 Å². The van der Waals surface area contributed by atoms with E-state index in [1.165, 1.54) is 36.4 Å². The number of sulfone groups is 1. The summed E-state index contributed by atoms with van der Waals surface area (Å²) in [6.45, 7) is 1.76. The van der Waals surface area contributed by atoms with Crippen molar-refractivity contribution >= 4 is 27.4 Å². The number of benzene rings is 2. The molecule has 7 heteroatoms. The van der Waals surface area contributed by atoms with Crippen molar-refractivity contribution in [2.45, 2.75) is 42.8 Å². The van der Waals surface area contributed by atoms with Gasteiger partial charge in [-0.2, -0.15) is 0 Å². The number of aromatic carboxylic acids is 1. The maximum atomic E-state index is 12.6. The lowest BCUT2D eigenvalue weighted by Gasteiger charge is -2.12. The third kappa shape index (κ3) is 4.03. The van der Waals surface area contributed by atoms with Gasteiger partial charge in [-0.1, -0.05) is 18.9 Å². The summed E-state index contributed by atoms with van der Waals surface area (Å²) in [7, 11) is -3.36. The van der Waals surface area contributed by atoms with Crippen LogP contribution < -0.4 is 5.32 Å². The van der Waals surface area contributed by atoms with Crippen LogP contribution in [0.25, 0.3) is 0 Å². The Morgan fingerprint density at radius 3 is 2.19 bits per heavy atom. The molecule has 1 fully saturated rings. The number of carboxylic acid groups (broad SMARTS) is 1. The van der Waals surface area contributed by atoms with Gasteiger partial charge in [0.1, 0.15) is 0 Å². The SMILES string of the molecule is Cc1ccc(C(=O)O)cc1NC(=O)c1ccc(S(=O)(=O)C2CCCC2)cc1. The third-order valence-electron chi connectivity index (χ3n) is 4.92. The van der Waals surface area contributed by atoms with Gasteiger partial charge in [0, 0.05) is 11.3 Å². The molecule has 0 spiro atoms. The molecule has 0 bridgehead atoms. The fourth-order valence-electron chi connectivity index (χ4n) is 3.27. The van der Waals surface area contributed by atoms with Gasteiger partial charge < -0.3 is 10.4 Å². The Morgan fingerprint density at radius 2 is 1.59 bits per heavy atom. The van der Waals surface area contributed by atoms with Crippen molar-refractivity contribution in [3.05, 3.63) is 59.2 Å². The average molecular weight is 387 g/mol. The van der Waals surface area contributed by atoms with Crippen LogP contribution in [0.5, 0.6) is 0 Å². The molecule has 1 aliphatic carbocycles. The monoisotopic (exact) mass is 387 g/mol. The number of hydrogen-bond donors (Lipinski definition) is 2. The van der Waals surface area contributed by atoms with Crippen molar-refractivity contribution in [3.8, 4) is 0 Å². The van der Waals surface area contributed by atoms with Gasteiger partial charge in [0.2, 0.25) is 0 Å². The van der Waals surface area contributed by atoms with Gasteiger partial charge in [0.15, 0.2) is 9.84 Å². The number of hydrogen-bond acceptors (Lipinski definition) is 4. The van der Waals surface area contributed by atoms with E-state index in [-0.39, 0.29) is 15.7 Å². The van der Waals surface area contributed by atoms with Crippen LogP contribution in [0.4, 0.5) is 5.69 Å². The molecule has 1 saturated carbocycles. The molecule has 0 saturated heterocycles. The molecule has 27 heavy (non-hydrogen) atoms. The van der Waals surface area contributed by atoms with E-state index in [0.717, 1.165) is 18.4 Å². The Morgan fingerprint density at radius 1 is 1.00 bits per heavy atom. The van der Waals surface area contributed by atoms with Gasteiger partial charge in [-0.3, -0.25) is 4.79 Å². The highest BCUT2D eigenvalue weighted by Crippen LogP contribution is 2.29. The maximum Gasteiger partial charge on any atom is 0.335 e. The molecule has 2 aromatic carbocycles. The number of carbonyl (C=O) groups is 2. The summed E-state index contributed by atoms with van der Waals surface area (Å²) in [6.07, 6.45) is 3.23. The van der Waals surface area contributed by atoms with Crippen LogP contribution in [0.1, 0.15) is 52.0 Å². The average Bonchev–Trinajstić information content (AvgIpc) is 3.19. The molecule has 3 rings (SSSR count). The van der Waals surface area contributed by atoms with Crippen molar-refractivity contribution in [3.63, 3.8) is 0 Å². The minimum Gasteiger partial charge on any atom is -0.478 e. The summed E-state index contributed by atoms with van der Waals surface area (Å²) in [5.74, 6) is -1.50. The van der Waals surface area contributed by atoms with Crippen molar-refractivity contribution in [1.82, 2.24) is 0 Å². The first-order valence-corrected chi connectivity index (χ1v) is 10.3. The van der Waals surface area contributed by atoms with E-state index in [0.29, 0.717) is 24.1 Å². The quantitative estimate of drug-likeness (QED) is 0.815. The zero-order valence-electron chi connectivity index (χ0n) is 14.9. The van der Waals surface area contributed by atoms with Crippen LogP contribution in [-0.2, 0) is 9.84 Å². The number of amides is 1. The molecule has 0 unspecified atom stereocenters. The first-order valence-electron chi connectivity index (χ1n) is 8.78. The second kappa shape index (κ2) is 7.52. The minimum atomic E-state index is -3.36. The molecule has 2 N–H and O–H groups in total. The zero-order chi connectivity index (χ0) is 19.6. The predicted molar refractivity (Wildman–Crippen MR) is 102 cm³/mol. The number of carboxylic acids is 1. The minimum absolute atomic E-state index is 0.0777. The van der Waals surface area contributed by atoms with E-state index in [2.05, 4.69) is 5.32 Å². The lowest BCUT2D eigenvalue weighted by atomic mass is 10.1. The standard InChI is InChI=1S/C20H21NO5S/c1-13-6-7-15(20(23)24)12-18(13)21-19(22)14-8-10-17(11-9-14)27(25,26)16-4-2-3-5-16/h6-12,16H,2-5H2,1H3,(H,21,22)(H,23,24). The van der Waals surface area contributed by atoms with E-state index in [4.69, 9.17) is 5.11 Å². The number of rotatable bonds is 5. The summed E-state index contributed by atoms with van der Waals surface area (Å²) in [5, 5.41) is 11.4. The molecule has 0 heterocycles. The lowest BCUT2D eigenvalue weighted by molar-refractivity contribution is 0.0696. The van der Waals surface area contributed by atoms with E-state index >= 15 is 0 Å². The van der Waals surface area contributed by atoms with Gasteiger partial charge in [-0.25, -0.2) is 13.2 Å². The van der Waals surface area contributed by atoms with Crippen molar-refractivity contribution in [1.29, 1.82) is 0 Å². The summed E-state index contributed by atoms with van der Waals surface area (Å²) in [5.41, 5.74) is 1.52. The molecule has 0 aromatic heterocycles. The summed E-state index contributed by atoms with van der Waals surface area (Å²) in [6, 6.07) is 10.4. The number of carbonyl (C=O) groups excluding carboxylic acids is 1. The summed E-state index contributed by atoms with van der Waals surface area (Å²) >= 11 is 0. The molecule has 1 aliphatic rings. The highest BCUT2D eigenvalue weighted by atomic mass is 32.2. The molecule has 6 nitrogen and oxygen atoms in total. The van der Waals surface area contributed by atoms with Gasteiger partial charge >= 0.3 is 5.97 Å². The molecule has 142 valence electrons.